The molecule has 0 aliphatic heterocycles. The summed E-state index contributed by atoms with van der Waals surface area (Å²) in [4.78, 5) is 16.8. The highest BCUT2D eigenvalue weighted by molar-refractivity contribution is 6.02. The number of carbonyl (C=O) groups excluding carboxylic acids is 1. The molecule has 2 heterocycles. The van der Waals surface area contributed by atoms with Crippen LogP contribution in [0.25, 0.3) is 21.9 Å². The Labute approximate surface area is 140 Å². The highest BCUT2D eigenvalue weighted by Gasteiger charge is 2.15. The number of amides is 1. The van der Waals surface area contributed by atoms with E-state index in [9.17, 15) is 4.79 Å². The maximum Gasteiger partial charge on any atom is 0.227 e. The third-order valence-electron chi connectivity index (χ3n) is 3.90. The quantitative estimate of drug-likeness (QED) is 0.755. The van der Waals surface area contributed by atoms with E-state index in [1.54, 1.807) is 7.11 Å². The van der Waals surface area contributed by atoms with Gasteiger partial charge >= 0.3 is 0 Å². The lowest BCUT2D eigenvalue weighted by molar-refractivity contribution is -0.117. The molecule has 2 aromatic heterocycles. The summed E-state index contributed by atoms with van der Waals surface area (Å²) in [6.07, 6.45) is 1.25. The van der Waals surface area contributed by atoms with Crippen molar-refractivity contribution in [1.29, 1.82) is 0 Å². The summed E-state index contributed by atoms with van der Waals surface area (Å²) in [5, 5.41) is 9.36. The van der Waals surface area contributed by atoms with Crippen LogP contribution in [0.3, 0.4) is 0 Å². The number of aromatic nitrogens is 3. The van der Waals surface area contributed by atoms with Crippen molar-refractivity contribution in [2.75, 3.05) is 19.0 Å². The van der Waals surface area contributed by atoms with Gasteiger partial charge in [0, 0.05) is 19.0 Å². The lowest BCUT2D eigenvalue weighted by Crippen LogP contribution is -2.14. The summed E-state index contributed by atoms with van der Waals surface area (Å²) < 4.78 is 6.82. The lowest BCUT2D eigenvalue weighted by atomic mass is 10.1. The van der Waals surface area contributed by atoms with Crippen LogP contribution in [0.1, 0.15) is 25.3 Å². The molecule has 1 amide bonds. The highest BCUT2D eigenvalue weighted by Crippen LogP contribution is 2.26. The minimum absolute atomic E-state index is 0.107. The van der Waals surface area contributed by atoms with Crippen molar-refractivity contribution in [2.24, 2.45) is 0 Å². The number of nitrogens with zero attached hydrogens (tertiary/aromatic N) is 3. The lowest BCUT2D eigenvalue weighted by Gasteiger charge is -2.03. The maximum atomic E-state index is 12.0. The first kappa shape index (κ1) is 16.4. The molecule has 0 aliphatic rings. The zero-order valence-electron chi connectivity index (χ0n) is 14.3. The number of anilines is 1. The number of ether oxygens (including phenoxy) is 1. The number of aryl methyl sites for hydroxylation is 2. The molecule has 0 spiro atoms. The van der Waals surface area contributed by atoms with Crippen LogP contribution in [-0.2, 0) is 16.1 Å². The minimum Gasteiger partial charge on any atom is -0.384 e. The summed E-state index contributed by atoms with van der Waals surface area (Å²) in [5.74, 6) is 0.458. The first-order valence-corrected chi connectivity index (χ1v) is 8.19. The molecule has 1 N–H and O–H groups in total. The Kier molecular flexibility index (Phi) is 4.76. The standard InChI is InChI=1S/C18H22N4O2/c1-4-8-22-18-14(17(21-22)20-16(23)7-9-24-3)11-13-10-12(2)5-6-15(13)19-18/h5-6,10-11H,4,7-9H2,1-3H3,(H,20,21,23). The van der Waals surface area contributed by atoms with Gasteiger partial charge < -0.3 is 10.1 Å². The van der Waals surface area contributed by atoms with E-state index in [1.165, 1.54) is 5.56 Å². The summed E-state index contributed by atoms with van der Waals surface area (Å²) in [5.41, 5.74) is 2.91. The maximum absolute atomic E-state index is 12.0. The Balaban J connectivity index is 2.08. The number of fused-ring (bicyclic) bond motifs is 2. The third-order valence-corrected chi connectivity index (χ3v) is 3.90. The molecule has 0 saturated carbocycles. The molecule has 0 aliphatic carbocycles. The van der Waals surface area contributed by atoms with Crippen LogP contribution >= 0.6 is 0 Å². The molecule has 24 heavy (non-hydrogen) atoms. The zero-order valence-corrected chi connectivity index (χ0v) is 14.3. The number of hydrogen-bond acceptors (Lipinski definition) is 4. The number of rotatable bonds is 6. The van der Waals surface area contributed by atoms with E-state index in [-0.39, 0.29) is 5.91 Å². The molecule has 0 fully saturated rings. The number of carbonyl (C=O) groups is 1. The van der Waals surface area contributed by atoms with Crippen LogP contribution in [0.5, 0.6) is 0 Å². The Morgan fingerprint density at radius 3 is 2.92 bits per heavy atom. The zero-order chi connectivity index (χ0) is 17.1. The SMILES string of the molecule is CCCn1nc(NC(=O)CCOC)c2cc3cc(C)ccc3nc21. The predicted molar refractivity (Wildman–Crippen MR) is 95.2 cm³/mol. The normalized spacial score (nSPS) is 11.3. The molecule has 3 rings (SSSR count). The number of benzene rings is 1. The molecular weight excluding hydrogens is 304 g/mol. The Morgan fingerprint density at radius 1 is 1.33 bits per heavy atom. The largest absolute Gasteiger partial charge is 0.384 e. The average Bonchev–Trinajstić information content (AvgIpc) is 2.88. The number of methoxy groups -OCH3 is 1. The summed E-state index contributed by atoms with van der Waals surface area (Å²) >= 11 is 0. The molecule has 0 saturated heterocycles. The van der Waals surface area contributed by atoms with Gasteiger partial charge in [-0.3, -0.25) is 4.79 Å². The van der Waals surface area contributed by atoms with E-state index in [2.05, 4.69) is 42.5 Å². The van der Waals surface area contributed by atoms with Crippen LogP contribution in [0.2, 0.25) is 0 Å². The van der Waals surface area contributed by atoms with Gasteiger partial charge in [-0.15, -0.1) is 0 Å². The summed E-state index contributed by atoms with van der Waals surface area (Å²) in [6, 6.07) is 8.21. The fourth-order valence-corrected chi connectivity index (χ4v) is 2.73. The number of nitrogens with one attached hydrogen (secondary N) is 1. The van der Waals surface area contributed by atoms with Crippen molar-refractivity contribution < 1.29 is 9.53 Å². The number of pyridine rings is 1. The van der Waals surface area contributed by atoms with Gasteiger partial charge in [0.2, 0.25) is 5.91 Å². The van der Waals surface area contributed by atoms with Gasteiger partial charge in [-0.2, -0.15) is 5.10 Å². The molecule has 3 aromatic rings. The van der Waals surface area contributed by atoms with E-state index >= 15 is 0 Å². The fraction of sp³-hybridized carbons (Fsp3) is 0.389. The highest BCUT2D eigenvalue weighted by atomic mass is 16.5. The van der Waals surface area contributed by atoms with Crippen molar-refractivity contribution >= 4 is 33.7 Å². The molecule has 0 bridgehead atoms. The fourth-order valence-electron chi connectivity index (χ4n) is 2.73. The molecule has 0 unspecified atom stereocenters. The summed E-state index contributed by atoms with van der Waals surface area (Å²) in [7, 11) is 1.58. The minimum atomic E-state index is -0.107. The van der Waals surface area contributed by atoms with Crippen molar-refractivity contribution in [3.63, 3.8) is 0 Å². The average molecular weight is 326 g/mol. The monoisotopic (exact) mass is 326 g/mol. The molecule has 126 valence electrons. The van der Waals surface area contributed by atoms with Crippen LogP contribution in [0.15, 0.2) is 24.3 Å². The van der Waals surface area contributed by atoms with Crippen molar-refractivity contribution in [1.82, 2.24) is 14.8 Å². The number of hydrogen-bond donors (Lipinski definition) is 1. The third kappa shape index (κ3) is 3.23. The van der Waals surface area contributed by atoms with Gasteiger partial charge in [-0.25, -0.2) is 9.67 Å². The molecule has 1 aromatic carbocycles. The van der Waals surface area contributed by atoms with Crippen LogP contribution in [-0.4, -0.2) is 34.4 Å². The van der Waals surface area contributed by atoms with Crippen molar-refractivity contribution in [3.8, 4) is 0 Å². The Bertz CT molecular complexity index is 885. The Hall–Kier alpha value is -2.47. The molecule has 0 radical (unpaired) electrons. The van der Waals surface area contributed by atoms with Crippen LogP contribution in [0, 0.1) is 6.92 Å². The molecular formula is C18H22N4O2. The van der Waals surface area contributed by atoms with E-state index < -0.39 is 0 Å². The van der Waals surface area contributed by atoms with Gasteiger partial charge in [-0.05, 0) is 31.5 Å². The van der Waals surface area contributed by atoms with Gasteiger partial charge in [-0.1, -0.05) is 18.6 Å². The first-order chi connectivity index (χ1) is 11.6. The smallest absolute Gasteiger partial charge is 0.227 e. The second-order valence-electron chi connectivity index (χ2n) is 5.92. The molecule has 6 nitrogen and oxygen atoms in total. The van der Waals surface area contributed by atoms with E-state index in [1.807, 2.05) is 10.7 Å². The Morgan fingerprint density at radius 2 is 2.17 bits per heavy atom. The van der Waals surface area contributed by atoms with Gasteiger partial charge in [0.1, 0.15) is 0 Å². The van der Waals surface area contributed by atoms with Crippen LogP contribution in [0.4, 0.5) is 5.82 Å². The van der Waals surface area contributed by atoms with Gasteiger partial charge in [0.15, 0.2) is 11.5 Å². The van der Waals surface area contributed by atoms with E-state index in [0.29, 0.717) is 18.8 Å². The van der Waals surface area contributed by atoms with Gasteiger partial charge in [0.25, 0.3) is 0 Å². The van der Waals surface area contributed by atoms with Crippen molar-refractivity contribution in [2.45, 2.75) is 33.2 Å². The first-order valence-electron chi connectivity index (χ1n) is 8.19. The topological polar surface area (TPSA) is 69.0 Å². The molecule has 0 atom stereocenters. The second kappa shape index (κ2) is 6.97. The van der Waals surface area contributed by atoms with Crippen molar-refractivity contribution in [3.05, 3.63) is 29.8 Å². The second-order valence-corrected chi connectivity index (χ2v) is 5.92. The van der Waals surface area contributed by atoms with Gasteiger partial charge in [0.05, 0.1) is 23.9 Å². The molecule has 6 heteroatoms. The predicted octanol–water partition coefficient (Wildman–Crippen LogP) is 3.28. The van der Waals surface area contributed by atoms with E-state index in [0.717, 1.165) is 34.9 Å². The van der Waals surface area contributed by atoms with Crippen LogP contribution < -0.4 is 5.32 Å². The summed E-state index contributed by atoms with van der Waals surface area (Å²) in [6.45, 7) is 5.29. The van der Waals surface area contributed by atoms with E-state index in [4.69, 9.17) is 9.72 Å².